The largest absolute Gasteiger partial charge is 0.495 e. The number of carbonyl (C=O) groups is 1. The van der Waals surface area contributed by atoms with Gasteiger partial charge in [-0.2, -0.15) is 0 Å². The van der Waals surface area contributed by atoms with Crippen LogP contribution >= 0.6 is 0 Å². The van der Waals surface area contributed by atoms with E-state index in [2.05, 4.69) is 5.32 Å². The average molecular weight is 284 g/mol. The monoisotopic (exact) mass is 284 g/mol. The lowest BCUT2D eigenvalue weighted by Gasteiger charge is -2.11. The molecule has 19 heavy (non-hydrogen) atoms. The van der Waals surface area contributed by atoms with Gasteiger partial charge in [0.1, 0.15) is 5.75 Å². The van der Waals surface area contributed by atoms with Crippen molar-refractivity contribution in [2.75, 3.05) is 12.4 Å². The van der Waals surface area contributed by atoms with E-state index >= 15 is 0 Å². The molecule has 1 aliphatic carbocycles. The number of hydrogen-bond acceptors (Lipinski definition) is 4. The zero-order valence-corrected chi connectivity index (χ0v) is 11.5. The highest BCUT2D eigenvalue weighted by Crippen LogP contribution is 2.39. The number of nitrogens with one attached hydrogen (secondary N) is 1. The van der Waals surface area contributed by atoms with Gasteiger partial charge in [0, 0.05) is 5.92 Å². The number of benzene rings is 1. The minimum atomic E-state index is -3.81. The van der Waals surface area contributed by atoms with E-state index in [0.29, 0.717) is 17.4 Å². The highest BCUT2D eigenvalue weighted by molar-refractivity contribution is 7.89. The predicted molar refractivity (Wildman–Crippen MR) is 70.3 cm³/mol. The molecule has 0 spiro atoms. The quantitative estimate of drug-likeness (QED) is 0.859. The molecule has 0 heterocycles. The Hall–Kier alpha value is -1.60. The Morgan fingerprint density at radius 1 is 1.47 bits per heavy atom. The van der Waals surface area contributed by atoms with Crippen LogP contribution in [-0.4, -0.2) is 21.4 Å². The number of ether oxygens (including phenoxy) is 1. The second-order valence-corrected chi connectivity index (χ2v) is 6.28. The molecule has 3 N–H and O–H groups in total. The number of sulfonamides is 1. The Morgan fingerprint density at radius 2 is 2.11 bits per heavy atom. The van der Waals surface area contributed by atoms with Crippen LogP contribution in [0.2, 0.25) is 0 Å². The van der Waals surface area contributed by atoms with Crippen LogP contribution in [0.4, 0.5) is 5.69 Å². The van der Waals surface area contributed by atoms with Gasteiger partial charge in [-0.15, -0.1) is 0 Å². The molecule has 1 saturated carbocycles. The van der Waals surface area contributed by atoms with Gasteiger partial charge in [0.25, 0.3) is 0 Å². The van der Waals surface area contributed by atoms with Crippen molar-refractivity contribution in [1.82, 2.24) is 0 Å². The topological polar surface area (TPSA) is 98.5 Å². The summed E-state index contributed by atoms with van der Waals surface area (Å²) in [4.78, 5) is 11.8. The normalized spacial score (nSPS) is 21.8. The lowest BCUT2D eigenvalue weighted by atomic mass is 10.2. The van der Waals surface area contributed by atoms with E-state index in [-0.39, 0.29) is 16.7 Å². The number of methoxy groups -OCH3 is 1. The molecule has 0 saturated heterocycles. The summed E-state index contributed by atoms with van der Waals surface area (Å²) in [6.45, 7) is 1.99. The molecule has 7 heteroatoms. The number of amides is 1. The Labute approximate surface area is 112 Å². The SMILES string of the molecule is COc1ccc(S(N)(=O)=O)cc1NC(=O)C1CC1C. The lowest BCUT2D eigenvalue weighted by Crippen LogP contribution is -2.17. The van der Waals surface area contributed by atoms with Gasteiger partial charge < -0.3 is 10.1 Å². The second-order valence-electron chi connectivity index (χ2n) is 4.72. The minimum absolute atomic E-state index is 0.0113. The first-order valence-electron chi connectivity index (χ1n) is 5.84. The maximum absolute atomic E-state index is 11.9. The first-order chi connectivity index (χ1) is 8.82. The molecule has 2 rings (SSSR count). The van der Waals surface area contributed by atoms with Crippen LogP contribution in [-0.2, 0) is 14.8 Å². The average Bonchev–Trinajstić information content (AvgIpc) is 3.05. The van der Waals surface area contributed by atoms with Crippen molar-refractivity contribution < 1.29 is 17.9 Å². The number of rotatable bonds is 4. The zero-order valence-electron chi connectivity index (χ0n) is 10.7. The van der Waals surface area contributed by atoms with Crippen LogP contribution < -0.4 is 15.2 Å². The van der Waals surface area contributed by atoms with Crippen molar-refractivity contribution in [1.29, 1.82) is 0 Å². The summed E-state index contributed by atoms with van der Waals surface area (Å²) in [5.74, 6) is 0.627. The van der Waals surface area contributed by atoms with Gasteiger partial charge in [-0.3, -0.25) is 4.79 Å². The number of carbonyl (C=O) groups excluding carboxylic acids is 1. The summed E-state index contributed by atoms with van der Waals surface area (Å²) in [6.07, 6.45) is 0.850. The molecular weight excluding hydrogens is 268 g/mol. The Morgan fingerprint density at radius 3 is 2.58 bits per heavy atom. The van der Waals surface area contributed by atoms with Gasteiger partial charge >= 0.3 is 0 Å². The van der Waals surface area contributed by atoms with Gasteiger partial charge in [-0.05, 0) is 30.5 Å². The summed E-state index contributed by atoms with van der Waals surface area (Å²) in [6, 6.07) is 4.11. The fourth-order valence-electron chi connectivity index (χ4n) is 1.87. The molecule has 1 fully saturated rings. The highest BCUT2D eigenvalue weighted by atomic mass is 32.2. The zero-order chi connectivity index (χ0) is 14.2. The summed E-state index contributed by atoms with van der Waals surface area (Å²) in [5, 5.41) is 7.74. The Balaban J connectivity index is 2.29. The van der Waals surface area contributed by atoms with Crippen molar-refractivity contribution in [3.05, 3.63) is 18.2 Å². The maximum Gasteiger partial charge on any atom is 0.238 e. The number of hydrogen-bond donors (Lipinski definition) is 2. The van der Waals surface area contributed by atoms with Crippen LogP contribution in [0.3, 0.4) is 0 Å². The maximum atomic E-state index is 11.9. The van der Waals surface area contributed by atoms with Crippen molar-refractivity contribution in [2.45, 2.75) is 18.2 Å². The third-order valence-electron chi connectivity index (χ3n) is 3.20. The fourth-order valence-corrected chi connectivity index (χ4v) is 2.41. The molecular formula is C12H16N2O4S. The molecule has 0 aliphatic heterocycles. The van der Waals surface area contributed by atoms with Crippen molar-refractivity contribution in [3.8, 4) is 5.75 Å². The number of nitrogens with two attached hydrogens (primary N) is 1. The molecule has 104 valence electrons. The second kappa shape index (κ2) is 4.82. The van der Waals surface area contributed by atoms with Gasteiger partial charge in [-0.25, -0.2) is 13.6 Å². The van der Waals surface area contributed by atoms with Gasteiger partial charge in [0.05, 0.1) is 17.7 Å². The van der Waals surface area contributed by atoms with Gasteiger partial charge in [-0.1, -0.05) is 6.92 Å². The molecule has 2 atom stereocenters. The standard InChI is InChI=1S/C12H16N2O4S/c1-7-5-9(7)12(15)14-10-6-8(19(13,16)17)3-4-11(10)18-2/h3-4,6-7,9H,5H2,1-2H3,(H,14,15)(H2,13,16,17). The first-order valence-corrected chi connectivity index (χ1v) is 7.39. The van der Waals surface area contributed by atoms with E-state index < -0.39 is 10.0 Å². The molecule has 1 aliphatic rings. The fraction of sp³-hybridized carbons (Fsp3) is 0.417. The molecule has 0 radical (unpaired) electrons. The van der Waals surface area contributed by atoms with Crippen LogP contribution in [0.5, 0.6) is 5.75 Å². The summed E-state index contributed by atoms with van der Waals surface area (Å²) in [7, 11) is -2.36. The van der Waals surface area contributed by atoms with Crippen LogP contribution in [0, 0.1) is 11.8 Å². The van der Waals surface area contributed by atoms with Crippen molar-refractivity contribution in [2.24, 2.45) is 17.0 Å². The van der Waals surface area contributed by atoms with E-state index in [4.69, 9.17) is 9.88 Å². The first kappa shape index (κ1) is 13.8. The highest BCUT2D eigenvalue weighted by Gasteiger charge is 2.39. The summed E-state index contributed by atoms with van der Waals surface area (Å²) >= 11 is 0. The van der Waals surface area contributed by atoms with Crippen molar-refractivity contribution in [3.63, 3.8) is 0 Å². The molecule has 2 unspecified atom stereocenters. The third-order valence-corrected chi connectivity index (χ3v) is 4.11. The molecule has 1 amide bonds. The molecule has 1 aromatic rings. The molecule has 0 aromatic heterocycles. The summed E-state index contributed by atoms with van der Waals surface area (Å²) < 4.78 is 27.7. The molecule has 0 bridgehead atoms. The van der Waals surface area contributed by atoms with Crippen molar-refractivity contribution >= 4 is 21.6 Å². The van der Waals surface area contributed by atoms with Gasteiger partial charge in [0.2, 0.25) is 15.9 Å². The van der Waals surface area contributed by atoms with E-state index in [1.807, 2.05) is 6.92 Å². The van der Waals surface area contributed by atoms with E-state index in [9.17, 15) is 13.2 Å². The smallest absolute Gasteiger partial charge is 0.238 e. The van der Waals surface area contributed by atoms with Crippen LogP contribution in [0.15, 0.2) is 23.1 Å². The number of primary sulfonamides is 1. The third kappa shape index (κ3) is 3.05. The van der Waals surface area contributed by atoms with E-state index in [1.165, 1.54) is 25.3 Å². The van der Waals surface area contributed by atoms with Crippen LogP contribution in [0.1, 0.15) is 13.3 Å². The Kier molecular flexibility index (Phi) is 3.51. The summed E-state index contributed by atoms with van der Waals surface area (Å²) in [5.41, 5.74) is 0.318. The van der Waals surface area contributed by atoms with Gasteiger partial charge in [0.15, 0.2) is 0 Å². The molecule has 1 aromatic carbocycles. The minimum Gasteiger partial charge on any atom is -0.495 e. The number of anilines is 1. The lowest BCUT2D eigenvalue weighted by molar-refractivity contribution is -0.117. The van der Waals surface area contributed by atoms with E-state index in [1.54, 1.807) is 0 Å². The Bertz CT molecular complexity index is 612. The molecule has 6 nitrogen and oxygen atoms in total. The predicted octanol–water partition coefficient (Wildman–Crippen LogP) is 0.937. The van der Waals surface area contributed by atoms with E-state index in [0.717, 1.165) is 6.42 Å². The van der Waals surface area contributed by atoms with Crippen LogP contribution in [0.25, 0.3) is 0 Å².